The predicted octanol–water partition coefficient (Wildman–Crippen LogP) is 3.14. The first-order valence-corrected chi connectivity index (χ1v) is 9.38. The second kappa shape index (κ2) is 7.50. The maximum atomic E-state index is 12.9. The summed E-state index contributed by atoms with van der Waals surface area (Å²) >= 11 is 0. The van der Waals surface area contributed by atoms with E-state index in [-0.39, 0.29) is 17.9 Å². The minimum absolute atomic E-state index is 0.194. The molecule has 1 aromatic carbocycles. The van der Waals surface area contributed by atoms with Crippen LogP contribution in [0.15, 0.2) is 43.0 Å². The van der Waals surface area contributed by atoms with Crippen molar-refractivity contribution >= 4 is 5.91 Å². The van der Waals surface area contributed by atoms with Crippen molar-refractivity contribution in [2.45, 2.75) is 25.1 Å². The van der Waals surface area contributed by atoms with E-state index in [1.807, 2.05) is 4.90 Å². The molecule has 5 nitrogen and oxygen atoms in total. The van der Waals surface area contributed by atoms with E-state index in [4.69, 9.17) is 0 Å². The van der Waals surface area contributed by atoms with Crippen LogP contribution in [0.1, 0.15) is 35.6 Å². The van der Waals surface area contributed by atoms with Crippen LogP contribution in [0, 0.1) is 5.92 Å². The predicted molar refractivity (Wildman–Crippen MR) is 96.2 cm³/mol. The summed E-state index contributed by atoms with van der Waals surface area (Å²) in [5.41, 5.74) is 0.910. The van der Waals surface area contributed by atoms with E-state index in [0.717, 1.165) is 36.1 Å². The zero-order chi connectivity index (χ0) is 19.7. The molecule has 2 aliphatic rings. The summed E-state index contributed by atoms with van der Waals surface area (Å²) in [6, 6.07) is 5.00. The molecule has 1 unspecified atom stereocenters. The van der Waals surface area contributed by atoms with Crippen molar-refractivity contribution in [3.63, 3.8) is 0 Å². The average molecular weight is 390 g/mol. The molecule has 28 heavy (non-hydrogen) atoms. The number of alkyl halides is 3. The van der Waals surface area contributed by atoms with Gasteiger partial charge >= 0.3 is 6.18 Å². The monoisotopic (exact) mass is 390 g/mol. The lowest BCUT2D eigenvalue weighted by Crippen LogP contribution is -2.50. The maximum Gasteiger partial charge on any atom is 0.416 e. The molecule has 2 fully saturated rings. The number of carbonyl (C=O) groups is 1. The fourth-order valence-electron chi connectivity index (χ4n) is 3.71. The first-order chi connectivity index (χ1) is 13.4. The summed E-state index contributed by atoms with van der Waals surface area (Å²) in [5.74, 6) is 0.425. The van der Waals surface area contributed by atoms with Crippen LogP contribution in [-0.2, 0) is 11.0 Å². The van der Waals surface area contributed by atoms with Gasteiger partial charge < -0.3 is 4.90 Å². The Kier molecular flexibility index (Phi) is 5.05. The standard InChI is InChI=1S/C20H21F3N4O/c21-20(22,23)17-5-3-14(4-6-17)18(16-11-24-13-25-12-16)26-7-9-27(10-8-26)19(28)15-1-2-15/h3-6,11-13,15,18H,1-2,7-10H2. The summed E-state index contributed by atoms with van der Waals surface area (Å²) in [4.78, 5) is 24.5. The second-order valence-corrected chi connectivity index (χ2v) is 7.33. The van der Waals surface area contributed by atoms with Crippen LogP contribution >= 0.6 is 0 Å². The van der Waals surface area contributed by atoms with Gasteiger partial charge in [-0.1, -0.05) is 12.1 Å². The molecule has 1 amide bonds. The lowest BCUT2D eigenvalue weighted by molar-refractivity contribution is -0.137. The quantitative estimate of drug-likeness (QED) is 0.805. The summed E-state index contributed by atoms with van der Waals surface area (Å²) in [6.45, 7) is 2.55. The highest BCUT2D eigenvalue weighted by molar-refractivity contribution is 5.81. The number of halogens is 3. The van der Waals surface area contributed by atoms with Gasteiger partial charge in [0.1, 0.15) is 6.33 Å². The Hall–Kier alpha value is -2.48. The fraction of sp³-hybridized carbons (Fsp3) is 0.450. The number of hydrogen-bond donors (Lipinski definition) is 0. The van der Waals surface area contributed by atoms with Crippen molar-refractivity contribution in [2.75, 3.05) is 26.2 Å². The third kappa shape index (κ3) is 4.01. The molecule has 1 saturated heterocycles. The molecule has 0 radical (unpaired) electrons. The number of hydrogen-bond acceptors (Lipinski definition) is 4. The molecule has 1 aliphatic heterocycles. The van der Waals surface area contributed by atoms with E-state index in [1.54, 1.807) is 12.4 Å². The van der Waals surface area contributed by atoms with Crippen LogP contribution in [-0.4, -0.2) is 51.9 Å². The zero-order valence-electron chi connectivity index (χ0n) is 15.3. The van der Waals surface area contributed by atoms with Crippen LogP contribution in [0.5, 0.6) is 0 Å². The number of amides is 1. The maximum absolute atomic E-state index is 12.9. The molecule has 1 aromatic heterocycles. The number of benzene rings is 1. The minimum atomic E-state index is -4.36. The van der Waals surface area contributed by atoms with Gasteiger partial charge in [-0.15, -0.1) is 0 Å². The third-order valence-electron chi connectivity index (χ3n) is 5.37. The molecular weight excluding hydrogens is 369 g/mol. The highest BCUT2D eigenvalue weighted by Crippen LogP contribution is 2.34. The Morgan fingerprint density at radius 3 is 2.11 bits per heavy atom. The highest BCUT2D eigenvalue weighted by Gasteiger charge is 2.36. The molecule has 2 aromatic rings. The lowest BCUT2D eigenvalue weighted by Gasteiger charge is -2.39. The van der Waals surface area contributed by atoms with Gasteiger partial charge in [0.25, 0.3) is 0 Å². The lowest BCUT2D eigenvalue weighted by atomic mass is 9.97. The number of rotatable bonds is 4. The Morgan fingerprint density at radius 1 is 0.964 bits per heavy atom. The molecule has 0 N–H and O–H groups in total. The van der Waals surface area contributed by atoms with Gasteiger partial charge in [-0.2, -0.15) is 13.2 Å². The van der Waals surface area contributed by atoms with Crippen molar-refractivity contribution in [1.82, 2.24) is 19.8 Å². The number of carbonyl (C=O) groups excluding carboxylic acids is 1. The summed E-state index contributed by atoms with van der Waals surface area (Å²) in [5, 5.41) is 0. The van der Waals surface area contributed by atoms with E-state index < -0.39 is 11.7 Å². The zero-order valence-corrected chi connectivity index (χ0v) is 15.3. The molecule has 0 bridgehead atoms. The van der Waals surface area contributed by atoms with Gasteiger partial charge in [0.2, 0.25) is 5.91 Å². The SMILES string of the molecule is O=C(C1CC1)N1CCN(C(c2ccc(C(F)(F)F)cc2)c2cncnc2)CC1. The minimum Gasteiger partial charge on any atom is -0.340 e. The van der Waals surface area contributed by atoms with Crippen molar-refractivity contribution in [3.05, 3.63) is 59.7 Å². The molecule has 1 aliphatic carbocycles. The van der Waals surface area contributed by atoms with Crippen LogP contribution in [0.2, 0.25) is 0 Å². The number of nitrogens with zero attached hydrogens (tertiary/aromatic N) is 4. The van der Waals surface area contributed by atoms with Gasteiger partial charge in [-0.3, -0.25) is 9.69 Å². The first-order valence-electron chi connectivity index (χ1n) is 9.38. The number of aromatic nitrogens is 2. The van der Waals surface area contributed by atoms with E-state index >= 15 is 0 Å². The van der Waals surface area contributed by atoms with Crippen molar-refractivity contribution in [2.24, 2.45) is 5.92 Å². The topological polar surface area (TPSA) is 49.3 Å². The Balaban J connectivity index is 1.56. The molecule has 1 atom stereocenters. The number of piperazine rings is 1. The van der Waals surface area contributed by atoms with Gasteiger partial charge in [0.15, 0.2) is 0 Å². The first kappa shape index (κ1) is 18.9. The summed E-state index contributed by atoms with van der Waals surface area (Å²) < 4.78 is 38.8. The van der Waals surface area contributed by atoms with E-state index in [9.17, 15) is 18.0 Å². The second-order valence-electron chi connectivity index (χ2n) is 7.33. The normalized spacial score (nSPS) is 19.5. The van der Waals surface area contributed by atoms with E-state index in [1.165, 1.54) is 18.5 Å². The van der Waals surface area contributed by atoms with Crippen molar-refractivity contribution in [3.8, 4) is 0 Å². The van der Waals surface area contributed by atoms with E-state index in [2.05, 4.69) is 14.9 Å². The summed E-state index contributed by atoms with van der Waals surface area (Å²) in [7, 11) is 0. The Morgan fingerprint density at radius 2 is 1.57 bits per heavy atom. The van der Waals surface area contributed by atoms with Crippen molar-refractivity contribution in [1.29, 1.82) is 0 Å². The molecule has 4 rings (SSSR count). The largest absolute Gasteiger partial charge is 0.416 e. The molecule has 2 heterocycles. The smallest absolute Gasteiger partial charge is 0.340 e. The van der Waals surface area contributed by atoms with Crippen molar-refractivity contribution < 1.29 is 18.0 Å². The molecular formula is C20H21F3N4O. The Labute approximate surface area is 161 Å². The van der Waals surface area contributed by atoms with Crippen LogP contribution in [0.4, 0.5) is 13.2 Å². The molecule has 8 heteroatoms. The van der Waals surface area contributed by atoms with Gasteiger partial charge in [0, 0.05) is 50.1 Å². The molecule has 0 spiro atoms. The van der Waals surface area contributed by atoms with Gasteiger partial charge in [-0.25, -0.2) is 9.97 Å². The Bertz CT molecular complexity index is 814. The van der Waals surface area contributed by atoms with Crippen LogP contribution in [0.3, 0.4) is 0 Å². The van der Waals surface area contributed by atoms with Crippen LogP contribution in [0.25, 0.3) is 0 Å². The highest BCUT2D eigenvalue weighted by atomic mass is 19.4. The van der Waals surface area contributed by atoms with Gasteiger partial charge in [-0.05, 0) is 30.5 Å². The van der Waals surface area contributed by atoms with Gasteiger partial charge in [0.05, 0.1) is 11.6 Å². The molecule has 1 saturated carbocycles. The third-order valence-corrected chi connectivity index (χ3v) is 5.37. The molecule has 148 valence electrons. The fourth-order valence-corrected chi connectivity index (χ4v) is 3.71. The summed E-state index contributed by atoms with van der Waals surface area (Å²) in [6.07, 6.45) is 2.41. The van der Waals surface area contributed by atoms with E-state index in [0.29, 0.717) is 26.2 Å². The average Bonchev–Trinajstić information content (AvgIpc) is 3.54. The van der Waals surface area contributed by atoms with Crippen LogP contribution < -0.4 is 0 Å².